The average molecular weight is 275 g/mol. The van der Waals surface area contributed by atoms with Crippen LogP contribution in [0.15, 0.2) is 21.6 Å². The number of aromatic carboxylic acids is 1. The zero-order valence-electron chi connectivity index (χ0n) is 10.3. The van der Waals surface area contributed by atoms with E-state index in [-0.39, 0.29) is 16.9 Å². The highest BCUT2D eigenvalue weighted by atomic mass is 32.2. The predicted octanol–water partition coefficient (Wildman–Crippen LogP) is 1.83. The van der Waals surface area contributed by atoms with Crippen molar-refractivity contribution in [3.63, 3.8) is 0 Å². The second kappa shape index (κ2) is 6.01. The van der Waals surface area contributed by atoms with E-state index in [0.29, 0.717) is 6.42 Å². The quantitative estimate of drug-likeness (QED) is 0.791. The normalized spacial score (nSPS) is 13.4. The summed E-state index contributed by atoms with van der Waals surface area (Å²) in [6.45, 7) is 3.85. The minimum absolute atomic E-state index is 0.168. The van der Waals surface area contributed by atoms with Crippen LogP contribution >= 0.6 is 0 Å². The zero-order chi connectivity index (χ0) is 13.8. The molecule has 7 heteroatoms. The highest BCUT2D eigenvalue weighted by Gasteiger charge is 2.23. The van der Waals surface area contributed by atoms with Gasteiger partial charge in [0.25, 0.3) is 10.0 Å². The molecule has 1 heterocycles. The molecule has 0 saturated carbocycles. The Morgan fingerprint density at radius 3 is 2.56 bits per heavy atom. The van der Waals surface area contributed by atoms with Gasteiger partial charge in [-0.3, -0.25) is 0 Å². The predicted molar refractivity (Wildman–Crippen MR) is 65.0 cm³/mol. The molecule has 0 radical (unpaired) electrons. The fourth-order valence-electron chi connectivity index (χ4n) is 1.55. The SMILES string of the molecule is CCCC(CC)NS(=O)(=O)c1ccc(C(=O)O)o1. The molecule has 0 spiro atoms. The van der Waals surface area contributed by atoms with Crippen LogP contribution in [0.1, 0.15) is 43.7 Å². The van der Waals surface area contributed by atoms with Gasteiger partial charge in [-0.1, -0.05) is 20.3 Å². The zero-order valence-corrected chi connectivity index (χ0v) is 11.2. The van der Waals surface area contributed by atoms with Gasteiger partial charge in [0.05, 0.1) is 0 Å². The van der Waals surface area contributed by atoms with E-state index in [1.165, 1.54) is 0 Å². The number of hydrogen-bond acceptors (Lipinski definition) is 4. The van der Waals surface area contributed by atoms with E-state index in [1.54, 1.807) is 0 Å². The lowest BCUT2D eigenvalue weighted by atomic mass is 10.1. The molecule has 1 rings (SSSR count). The maximum atomic E-state index is 11.9. The maximum absolute atomic E-state index is 11.9. The lowest BCUT2D eigenvalue weighted by molar-refractivity contribution is 0.0656. The Kier molecular flexibility index (Phi) is 4.92. The van der Waals surface area contributed by atoms with Crippen molar-refractivity contribution in [3.05, 3.63) is 17.9 Å². The molecular formula is C11H17NO5S. The highest BCUT2D eigenvalue weighted by molar-refractivity contribution is 7.89. The van der Waals surface area contributed by atoms with Crippen LogP contribution in [-0.2, 0) is 10.0 Å². The summed E-state index contributed by atoms with van der Waals surface area (Å²) in [6.07, 6.45) is 2.25. The summed E-state index contributed by atoms with van der Waals surface area (Å²) in [5, 5.41) is 8.30. The Hall–Kier alpha value is -1.34. The van der Waals surface area contributed by atoms with Gasteiger partial charge >= 0.3 is 5.97 Å². The van der Waals surface area contributed by atoms with Crippen LogP contribution in [-0.4, -0.2) is 25.5 Å². The van der Waals surface area contributed by atoms with E-state index in [9.17, 15) is 13.2 Å². The number of nitrogens with one attached hydrogen (secondary N) is 1. The van der Waals surface area contributed by atoms with Crippen LogP contribution in [0, 0.1) is 0 Å². The van der Waals surface area contributed by atoms with E-state index in [4.69, 9.17) is 9.52 Å². The number of hydrogen-bond donors (Lipinski definition) is 2. The molecule has 0 saturated heterocycles. The monoisotopic (exact) mass is 275 g/mol. The average Bonchev–Trinajstić information content (AvgIpc) is 2.78. The van der Waals surface area contributed by atoms with Crippen molar-refractivity contribution in [2.24, 2.45) is 0 Å². The van der Waals surface area contributed by atoms with Gasteiger partial charge in [-0.05, 0) is 25.0 Å². The Balaban J connectivity index is 2.88. The third kappa shape index (κ3) is 3.58. The molecule has 1 unspecified atom stereocenters. The van der Waals surface area contributed by atoms with Gasteiger partial charge in [-0.25, -0.2) is 17.9 Å². The van der Waals surface area contributed by atoms with E-state index in [0.717, 1.165) is 25.0 Å². The van der Waals surface area contributed by atoms with Gasteiger partial charge in [0, 0.05) is 6.04 Å². The lowest BCUT2D eigenvalue weighted by Crippen LogP contribution is -2.34. The lowest BCUT2D eigenvalue weighted by Gasteiger charge is -2.14. The van der Waals surface area contributed by atoms with Gasteiger partial charge in [0.1, 0.15) is 0 Å². The van der Waals surface area contributed by atoms with Crippen LogP contribution in [0.2, 0.25) is 0 Å². The third-order valence-electron chi connectivity index (χ3n) is 2.51. The van der Waals surface area contributed by atoms with Crippen LogP contribution in [0.5, 0.6) is 0 Å². The fourth-order valence-corrected chi connectivity index (χ4v) is 2.84. The van der Waals surface area contributed by atoms with Crippen molar-refractivity contribution in [2.75, 3.05) is 0 Å². The molecule has 0 amide bonds. The second-order valence-electron chi connectivity index (χ2n) is 3.94. The van der Waals surface area contributed by atoms with Gasteiger partial charge in [0.15, 0.2) is 0 Å². The molecule has 0 bridgehead atoms. The summed E-state index contributed by atoms with van der Waals surface area (Å²) in [5.41, 5.74) is 0. The van der Waals surface area contributed by atoms with Crippen LogP contribution in [0.3, 0.4) is 0 Å². The van der Waals surface area contributed by atoms with E-state index in [1.807, 2.05) is 13.8 Å². The first-order chi connectivity index (χ1) is 8.40. The number of carboxylic acids is 1. The summed E-state index contributed by atoms with van der Waals surface area (Å²) in [6, 6.07) is 2.10. The molecule has 0 aliphatic heterocycles. The van der Waals surface area contributed by atoms with Crippen LogP contribution < -0.4 is 4.72 Å². The van der Waals surface area contributed by atoms with Crippen LogP contribution in [0.4, 0.5) is 0 Å². The van der Waals surface area contributed by atoms with E-state index in [2.05, 4.69) is 4.72 Å². The summed E-state index contributed by atoms with van der Waals surface area (Å²) in [5.74, 6) is -1.68. The molecular weight excluding hydrogens is 258 g/mol. The Morgan fingerprint density at radius 1 is 1.44 bits per heavy atom. The third-order valence-corrected chi connectivity index (χ3v) is 3.90. The number of furan rings is 1. The molecule has 6 nitrogen and oxygen atoms in total. The minimum atomic E-state index is -3.79. The first-order valence-corrected chi connectivity index (χ1v) is 7.24. The Bertz CT molecular complexity index is 505. The molecule has 1 aromatic rings. The largest absolute Gasteiger partial charge is 0.475 e. The number of rotatable bonds is 7. The number of carbonyl (C=O) groups is 1. The van der Waals surface area contributed by atoms with Gasteiger partial charge in [-0.2, -0.15) is 0 Å². The Morgan fingerprint density at radius 2 is 2.11 bits per heavy atom. The van der Waals surface area contributed by atoms with Crippen molar-refractivity contribution in [3.8, 4) is 0 Å². The molecule has 0 aliphatic rings. The second-order valence-corrected chi connectivity index (χ2v) is 5.58. The summed E-state index contributed by atoms with van der Waals surface area (Å²) < 4.78 is 31.1. The summed E-state index contributed by atoms with van der Waals surface area (Å²) >= 11 is 0. The number of sulfonamides is 1. The van der Waals surface area contributed by atoms with Crippen molar-refractivity contribution in [2.45, 2.75) is 44.2 Å². The standard InChI is InChI=1S/C11H17NO5S/c1-3-5-8(4-2)12-18(15,16)10-7-6-9(17-10)11(13)14/h6-8,12H,3-5H2,1-2H3,(H,13,14). The van der Waals surface area contributed by atoms with Gasteiger partial charge in [-0.15, -0.1) is 0 Å². The maximum Gasteiger partial charge on any atom is 0.371 e. The molecule has 1 aromatic heterocycles. The minimum Gasteiger partial charge on any atom is -0.475 e. The fraction of sp³-hybridized carbons (Fsp3) is 0.545. The molecule has 102 valence electrons. The molecule has 18 heavy (non-hydrogen) atoms. The highest BCUT2D eigenvalue weighted by Crippen LogP contribution is 2.15. The van der Waals surface area contributed by atoms with E-state index >= 15 is 0 Å². The molecule has 0 aliphatic carbocycles. The smallest absolute Gasteiger partial charge is 0.371 e. The van der Waals surface area contributed by atoms with Crippen molar-refractivity contribution in [1.29, 1.82) is 0 Å². The van der Waals surface area contributed by atoms with Gasteiger partial charge < -0.3 is 9.52 Å². The first-order valence-electron chi connectivity index (χ1n) is 5.76. The number of carboxylic acid groups (broad SMARTS) is 1. The first kappa shape index (κ1) is 14.7. The van der Waals surface area contributed by atoms with Crippen LogP contribution in [0.25, 0.3) is 0 Å². The molecule has 2 N–H and O–H groups in total. The molecule has 0 aromatic carbocycles. The summed E-state index contributed by atoms with van der Waals surface area (Å²) in [4.78, 5) is 10.6. The Labute approximate surface area is 106 Å². The molecule has 0 fully saturated rings. The van der Waals surface area contributed by atoms with Gasteiger partial charge in [0.2, 0.25) is 10.9 Å². The topological polar surface area (TPSA) is 96.6 Å². The van der Waals surface area contributed by atoms with Crippen molar-refractivity contribution < 1.29 is 22.7 Å². The van der Waals surface area contributed by atoms with Crippen molar-refractivity contribution >= 4 is 16.0 Å². The summed E-state index contributed by atoms with van der Waals surface area (Å²) in [7, 11) is -3.79. The van der Waals surface area contributed by atoms with Crippen molar-refractivity contribution in [1.82, 2.24) is 4.72 Å². The molecule has 1 atom stereocenters. The van der Waals surface area contributed by atoms with E-state index < -0.39 is 16.0 Å².